The SMILES string of the molecule is CCS(=O)(=O)c1ccc2c(c1)CN(C(C)C)S(=O)(=O)N2. The molecule has 0 aromatic heterocycles. The highest BCUT2D eigenvalue weighted by molar-refractivity contribution is 7.91. The van der Waals surface area contributed by atoms with Gasteiger partial charge in [0.05, 0.1) is 16.3 Å². The number of nitrogens with zero attached hydrogens (tertiary/aromatic N) is 1. The Balaban J connectivity index is 2.50. The molecule has 0 saturated carbocycles. The van der Waals surface area contributed by atoms with Crippen LogP contribution in [-0.4, -0.2) is 32.9 Å². The normalized spacial score (nSPS) is 18.6. The van der Waals surface area contributed by atoms with E-state index in [0.29, 0.717) is 11.3 Å². The van der Waals surface area contributed by atoms with Gasteiger partial charge < -0.3 is 0 Å². The number of anilines is 1. The first-order valence-electron chi connectivity index (χ1n) is 6.32. The molecule has 0 bridgehead atoms. The zero-order chi connectivity index (χ0) is 15.1. The van der Waals surface area contributed by atoms with Crippen LogP contribution in [-0.2, 0) is 26.6 Å². The third-order valence-corrected chi connectivity index (χ3v) is 6.64. The van der Waals surface area contributed by atoms with Gasteiger partial charge in [0, 0.05) is 12.6 Å². The zero-order valence-corrected chi connectivity index (χ0v) is 13.3. The first-order chi connectivity index (χ1) is 9.17. The Hall–Kier alpha value is -1.12. The Kier molecular flexibility index (Phi) is 3.83. The van der Waals surface area contributed by atoms with Crippen LogP contribution in [0.15, 0.2) is 23.1 Å². The van der Waals surface area contributed by atoms with Crippen molar-refractivity contribution >= 4 is 25.7 Å². The molecule has 0 radical (unpaired) electrons. The van der Waals surface area contributed by atoms with Crippen LogP contribution in [0.3, 0.4) is 0 Å². The van der Waals surface area contributed by atoms with Gasteiger partial charge in [-0.15, -0.1) is 0 Å². The van der Waals surface area contributed by atoms with Crippen LogP contribution in [0.25, 0.3) is 0 Å². The van der Waals surface area contributed by atoms with Crippen molar-refractivity contribution in [1.29, 1.82) is 0 Å². The van der Waals surface area contributed by atoms with Gasteiger partial charge in [-0.3, -0.25) is 4.72 Å². The summed E-state index contributed by atoms with van der Waals surface area (Å²) in [5.41, 5.74) is 1.11. The summed E-state index contributed by atoms with van der Waals surface area (Å²) in [6, 6.07) is 4.29. The molecule has 20 heavy (non-hydrogen) atoms. The minimum Gasteiger partial charge on any atom is -0.271 e. The highest BCUT2D eigenvalue weighted by Crippen LogP contribution is 2.30. The molecule has 1 aromatic rings. The Morgan fingerprint density at radius 3 is 2.55 bits per heavy atom. The molecule has 8 heteroatoms. The molecule has 0 spiro atoms. The van der Waals surface area contributed by atoms with Crippen molar-refractivity contribution in [2.75, 3.05) is 10.5 Å². The van der Waals surface area contributed by atoms with Gasteiger partial charge in [0.2, 0.25) is 0 Å². The van der Waals surface area contributed by atoms with E-state index < -0.39 is 20.0 Å². The lowest BCUT2D eigenvalue weighted by atomic mass is 10.1. The third kappa shape index (κ3) is 2.68. The van der Waals surface area contributed by atoms with E-state index in [-0.39, 0.29) is 23.2 Å². The summed E-state index contributed by atoms with van der Waals surface area (Å²) < 4.78 is 51.6. The summed E-state index contributed by atoms with van der Waals surface area (Å²) in [6.07, 6.45) is 0. The van der Waals surface area contributed by atoms with E-state index in [9.17, 15) is 16.8 Å². The fourth-order valence-electron chi connectivity index (χ4n) is 2.07. The number of fused-ring (bicyclic) bond motifs is 1. The van der Waals surface area contributed by atoms with Crippen LogP contribution in [0.4, 0.5) is 5.69 Å². The van der Waals surface area contributed by atoms with Gasteiger partial charge in [-0.2, -0.15) is 12.7 Å². The van der Waals surface area contributed by atoms with Crippen molar-refractivity contribution in [3.8, 4) is 0 Å². The maximum atomic E-state index is 12.0. The Morgan fingerprint density at radius 1 is 1.35 bits per heavy atom. The predicted molar refractivity (Wildman–Crippen MR) is 77.4 cm³/mol. The van der Waals surface area contributed by atoms with Crippen molar-refractivity contribution in [2.24, 2.45) is 0 Å². The summed E-state index contributed by atoms with van der Waals surface area (Å²) >= 11 is 0. The number of hydrogen-bond donors (Lipinski definition) is 1. The van der Waals surface area contributed by atoms with Crippen LogP contribution in [0.5, 0.6) is 0 Å². The number of sulfone groups is 1. The predicted octanol–water partition coefficient (Wildman–Crippen LogP) is 1.36. The molecule has 0 aliphatic carbocycles. The lowest BCUT2D eigenvalue weighted by molar-refractivity contribution is 0.347. The summed E-state index contributed by atoms with van der Waals surface area (Å²) in [5.74, 6) is 0.0193. The summed E-state index contributed by atoms with van der Waals surface area (Å²) in [5, 5.41) is 0. The van der Waals surface area contributed by atoms with Crippen molar-refractivity contribution in [3.63, 3.8) is 0 Å². The number of nitrogens with one attached hydrogen (secondary N) is 1. The smallest absolute Gasteiger partial charge is 0.271 e. The molecule has 1 aromatic carbocycles. The van der Waals surface area contributed by atoms with E-state index >= 15 is 0 Å². The Bertz CT molecular complexity index is 724. The minimum atomic E-state index is -3.56. The minimum absolute atomic E-state index is 0.0193. The van der Waals surface area contributed by atoms with Gasteiger partial charge in [-0.05, 0) is 37.6 Å². The first kappa shape index (κ1) is 15.3. The van der Waals surface area contributed by atoms with Crippen LogP contribution >= 0.6 is 0 Å². The monoisotopic (exact) mass is 318 g/mol. The molecule has 0 amide bonds. The molecule has 6 nitrogen and oxygen atoms in total. The van der Waals surface area contributed by atoms with Crippen molar-refractivity contribution < 1.29 is 16.8 Å². The summed E-state index contributed by atoms with van der Waals surface area (Å²) in [6.45, 7) is 5.31. The number of benzene rings is 1. The molecule has 2 rings (SSSR count). The Morgan fingerprint density at radius 2 is 2.00 bits per heavy atom. The largest absolute Gasteiger partial charge is 0.302 e. The van der Waals surface area contributed by atoms with Crippen LogP contribution < -0.4 is 4.72 Å². The fraction of sp³-hybridized carbons (Fsp3) is 0.500. The molecule has 1 aliphatic heterocycles. The standard InChI is InChI=1S/C12H18N2O4S2/c1-4-19(15,16)11-5-6-12-10(7-11)8-14(9(2)3)20(17,18)13-12/h5-7,9,13H,4,8H2,1-3H3. The van der Waals surface area contributed by atoms with Gasteiger partial charge in [0.1, 0.15) is 0 Å². The highest BCUT2D eigenvalue weighted by atomic mass is 32.2. The van der Waals surface area contributed by atoms with E-state index in [4.69, 9.17) is 0 Å². The topological polar surface area (TPSA) is 83.6 Å². The average Bonchev–Trinajstić information content (AvgIpc) is 2.36. The summed E-state index contributed by atoms with van der Waals surface area (Å²) in [7, 11) is -6.85. The van der Waals surface area contributed by atoms with Crippen molar-refractivity contribution in [3.05, 3.63) is 23.8 Å². The molecule has 0 fully saturated rings. The van der Waals surface area contributed by atoms with Gasteiger partial charge >= 0.3 is 10.2 Å². The van der Waals surface area contributed by atoms with E-state index in [1.165, 1.54) is 16.4 Å². The van der Waals surface area contributed by atoms with Gasteiger partial charge in [0.25, 0.3) is 0 Å². The zero-order valence-electron chi connectivity index (χ0n) is 11.6. The van der Waals surface area contributed by atoms with E-state index in [2.05, 4.69) is 4.72 Å². The van der Waals surface area contributed by atoms with E-state index in [1.807, 2.05) is 0 Å². The lowest BCUT2D eigenvalue weighted by Gasteiger charge is -2.32. The maximum absolute atomic E-state index is 12.0. The molecule has 0 saturated heterocycles. The molecular formula is C12H18N2O4S2. The molecule has 0 atom stereocenters. The molecule has 112 valence electrons. The van der Waals surface area contributed by atoms with Gasteiger partial charge in [-0.25, -0.2) is 8.42 Å². The van der Waals surface area contributed by atoms with Crippen LogP contribution in [0.1, 0.15) is 26.3 Å². The molecular weight excluding hydrogens is 300 g/mol. The second kappa shape index (κ2) is 5.01. The van der Waals surface area contributed by atoms with Gasteiger partial charge in [0.15, 0.2) is 9.84 Å². The maximum Gasteiger partial charge on any atom is 0.302 e. The average molecular weight is 318 g/mol. The van der Waals surface area contributed by atoms with Crippen molar-refractivity contribution in [2.45, 2.75) is 38.3 Å². The molecule has 1 aliphatic rings. The first-order valence-corrected chi connectivity index (χ1v) is 9.42. The van der Waals surface area contributed by atoms with E-state index in [0.717, 1.165) is 0 Å². The number of hydrogen-bond acceptors (Lipinski definition) is 4. The third-order valence-electron chi connectivity index (χ3n) is 3.27. The summed E-state index contributed by atoms with van der Waals surface area (Å²) in [4.78, 5) is 0.226. The quantitative estimate of drug-likeness (QED) is 0.912. The molecule has 0 unspecified atom stereocenters. The highest BCUT2D eigenvalue weighted by Gasteiger charge is 2.31. The van der Waals surface area contributed by atoms with Crippen molar-refractivity contribution in [1.82, 2.24) is 4.31 Å². The Labute approximate surface area is 119 Å². The lowest BCUT2D eigenvalue weighted by Crippen LogP contribution is -2.43. The molecule has 1 heterocycles. The van der Waals surface area contributed by atoms with Gasteiger partial charge in [-0.1, -0.05) is 6.92 Å². The second-order valence-electron chi connectivity index (χ2n) is 4.97. The second-order valence-corrected chi connectivity index (χ2v) is 8.87. The van der Waals surface area contributed by atoms with Crippen LogP contribution in [0, 0.1) is 0 Å². The van der Waals surface area contributed by atoms with Crippen LogP contribution in [0.2, 0.25) is 0 Å². The fourth-order valence-corrected chi connectivity index (χ4v) is 4.46. The number of rotatable bonds is 3. The molecule has 1 N–H and O–H groups in total. The van der Waals surface area contributed by atoms with E-state index in [1.54, 1.807) is 26.8 Å².